The molecule has 0 aliphatic rings. The van der Waals surface area contributed by atoms with Gasteiger partial charge in [0.15, 0.2) is 0 Å². The fraction of sp³-hybridized carbons (Fsp3) is 0. The Bertz CT molecular complexity index is 8.00. The van der Waals surface area contributed by atoms with Gasteiger partial charge in [-0.15, -0.1) is 0 Å². The summed E-state index contributed by atoms with van der Waals surface area (Å²) in [4.78, 5) is 0. The van der Waals surface area contributed by atoms with Crippen LogP contribution in [0.4, 0.5) is 0 Å². The minimum Gasteiger partial charge on any atom is -2.00 e. The Labute approximate surface area is 44.7 Å². The summed E-state index contributed by atoms with van der Waals surface area (Å²) in [6.07, 6.45) is 0. The van der Waals surface area contributed by atoms with Crippen LogP contribution in [0.3, 0.4) is 0 Å². The van der Waals surface area contributed by atoms with Crippen LogP contribution < -0.4 is 17.1 Å². The van der Waals surface area contributed by atoms with Crippen molar-refractivity contribution in [1.82, 2.24) is 0 Å². The molecule has 24 valence electrons. The third kappa shape index (κ3) is 13.0. The molecule has 0 aromatic heterocycles. The molecule has 0 aliphatic carbocycles. The van der Waals surface area contributed by atoms with E-state index in [9.17, 15) is 0 Å². The third-order valence-corrected chi connectivity index (χ3v) is 0. The predicted octanol–water partition coefficient (Wildman–Crippen LogP) is -6.11. The van der Waals surface area contributed by atoms with E-state index in [0.717, 1.165) is 0 Å². The standard InChI is InChI=1S/ClH.FH.O.Ti/h2*1H;;/q;;-2;+4/p-2. The summed E-state index contributed by atoms with van der Waals surface area (Å²) in [7, 11) is 0. The van der Waals surface area contributed by atoms with Gasteiger partial charge in [0, 0.05) is 0 Å². The average Bonchev–Trinajstić information content (AvgIpc) is 0. The van der Waals surface area contributed by atoms with E-state index in [-0.39, 0.29) is 44.3 Å². The Hall–Kier alpha value is 0.894. The quantitative estimate of drug-likeness (QED) is 0.283. The molecule has 0 aromatic carbocycles. The largest absolute Gasteiger partial charge is 4.00 e. The molecule has 0 spiro atoms. The van der Waals surface area contributed by atoms with E-state index in [4.69, 9.17) is 0 Å². The van der Waals surface area contributed by atoms with Crippen molar-refractivity contribution in [1.29, 1.82) is 0 Å². The molecule has 0 radical (unpaired) electrons. The second-order valence-corrected chi connectivity index (χ2v) is 0. The van der Waals surface area contributed by atoms with Gasteiger partial charge in [-0.1, -0.05) is 0 Å². The second-order valence-electron chi connectivity index (χ2n) is 0. The summed E-state index contributed by atoms with van der Waals surface area (Å²) in [5, 5.41) is 0. The van der Waals surface area contributed by atoms with E-state index in [1.807, 2.05) is 0 Å². The Kier molecular flexibility index (Phi) is 946. The molecule has 4 heavy (non-hydrogen) atoms. The van der Waals surface area contributed by atoms with Gasteiger partial charge in [0.2, 0.25) is 0 Å². The molecule has 0 saturated heterocycles. The molecular formula is ClFOTi. The number of hydrogen-bond donors (Lipinski definition) is 0. The van der Waals surface area contributed by atoms with Gasteiger partial charge in [0.1, 0.15) is 0 Å². The van der Waals surface area contributed by atoms with Crippen LogP contribution in [0.15, 0.2) is 0 Å². The van der Waals surface area contributed by atoms with E-state index < -0.39 is 0 Å². The normalized spacial score (nSPS) is 0. The van der Waals surface area contributed by atoms with Crippen LogP contribution >= 0.6 is 0 Å². The minimum atomic E-state index is 0. The zero-order chi connectivity index (χ0) is 0. The van der Waals surface area contributed by atoms with Crippen LogP contribution in [0.1, 0.15) is 0 Å². The minimum absolute atomic E-state index is 0. The molecule has 0 amide bonds. The van der Waals surface area contributed by atoms with Gasteiger partial charge < -0.3 is 22.6 Å². The molecule has 0 N–H and O–H groups in total. The van der Waals surface area contributed by atoms with Gasteiger partial charge in [0.25, 0.3) is 0 Å². The zero-order valence-corrected chi connectivity index (χ0v) is 3.98. The summed E-state index contributed by atoms with van der Waals surface area (Å²) < 4.78 is 0. The second kappa shape index (κ2) is 40.8. The average molecular weight is 118 g/mol. The molecule has 0 unspecified atom stereocenters. The topological polar surface area (TPSA) is 28.5 Å². The number of hydrogen-bond acceptors (Lipinski definition) is 0. The molecule has 0 aromatic rings. The van der Waals surface area contributed by atoms with Crippen molar-refractivity contribution in [3.05, 3.63) is 0 Å². The van der Waals surface area contributed by atoms with Crippen molar-refractivity contribution in [3.63, 3.8) is 0 Å². The van der Waals surface area contributed by atoms with Crippen molar-refractivity contribution >= 4 is 0 Å². The monoisotopic (exact) mass is 118 g/mol. The molecule has 0 heterocycles. The van der Waals surface area contributed by atoms with Gasteiger partial charge in [-0.05, 0) is 0 Å². The fourth-order valence-electron chi connectivity index (χ4n) is 0. The van der Waals surface area contributed by atoms with Crippen LogP contribution in [0.5, 0.6) is 0 Å². The van der Waals surface area contributed by atoms with Crippen molar-refractivity contribution in [2.24, 2.45) is 0 Å². The zero-order valence-electron chi connectivity index (χ0n) is 1.66. The maximum Gasteiger partial charge on any atom is 4.00 e. The number of rotatable bonds is 0. The summed E-state index contributed by atoms with van der Waals surface area (Å²) in [5.41, 5.74) is 0. The molecule has 1 nitrogen and oxygen atoms in total. The molecule has 0 rings (SSSR count). The van der Waals surface area contributed by atoms with E-state index >= 15 is 0 Å². The predicted molar refractivity (Wildman–Crippen MR) is 0.686 cm³/mol. The van der Waals surface area contributed by atoms with Crippen LogP contribution in [0.25, 0.3) is 0 Å². The molecule has 0 atom stereocenters. The van der Waals surface area contributed by atoms with E-state index in [1.54, 1.807) is 0 Å². The van der Waals surface area contributed by atoms with Gasteiger partial charge in [0.05, 0.1) is 0 Å². The van der Waals surface area contributed by atoms with Crippen molar-refractivity contribution in [2.75, 3.05) is 0 Å². The fourth-order valence-corrected chi connectivity index (χ4v) is 0. The van der Waals surface area contributed by atoms with Crippen LogP contribution in [-0.2, 0) is 27.2 Å². The Morgan fingerprint density at radius 3 is 1.00 bits per heavy atom. The Balaban J connectivity index is 0. The molecular weight excluding hydrogens is 118 g/mol. The van der Waals surface area contributed by atoms with Crippen LogP contribution in [0, 0.1) is 0 Å². The van der Waals surface area contributed by atoms with Crippen molar-refractivity contribution in [3.8, 4) is 0 Å². The third-order valence-electron chi connectivity index (χ3n) is 0. The molecule has 0 fully saturated rings. The SMILES string of the molecule is [Cl-].[F-].[O-2].[Ti+4]. The Morgan fingerprint density at radius 1 is 1.00 bits per heavy atom. The number of halogens is 2. The van der Waals surface area contributed by atoms with Gasteiger partial charge in [-0.3, -0.25) is 0 Å². The van der Waals surface area contributed by atoms with Crippen LogP contribution in [0.2, 0.25) is 0 Å². The van der Waals surface area contributed by atoms with Gasteiger partial charge in [-0.25, -0.2) is 0 Å². The summed E-state index contributed by atoms with van der Waals surface area (Å²) >= 11 is 0. The summed E-state index contributed by atoms with van der Waals surface area (Å²) in [6, 6.07) is 0. The summed E-state index contributed by atoms with van der Waals surface area (Å²) in [5.74, 6) is 0. The van der Waals surface area contributed by atoms with Crippen molar-refractivity contribution in [2.45, 2.75) is 0 Å². The maximum absolute atomic E-state index is 0. The van der Waals surface area contributed by atoms with E-state index in [0.29, 0.717) is 0 Å². The maximum atomic E-state index is 0. The smallest absolute Gasteiger partial charge is 2.00 e. The van der Waals surface area contributed by atoms with Gasteiger partial charge in [-0.2, -0.15) is 0 Å². The first kappa shape index (κ1) is 92.8. The van der Waals surface area contributed by atoms with E-state index in [2.05, 4.69) is 0 Å². The van der Waals surface area contributed by atoms with Crippen molar-refractivity contribution < 1.29 is 44.3 Å². The molecule has 0 aliphatic heterocycles. The first-order valence-corrected chi connectivity index (χ1v) is 0. The molecule has 0 saturated carbocycles. The molecule has 4 heteroatoms. The molecule has 0 bridgehead atoms. The first-order valence-electron chi connectivity index (χ1n) is 0. The first-order chi connectivity index (χ1) is 0. The van der Waals surface area contributed by atoms with Crippen LogP contribution in [-0.4, -0.2) is 0 Å². The van der Waals surface area contributed by atoms with Gasteiger partial charge >= 0.3 is 21.7 Å². The Morgan fingerprint density at radius 2 is 1.00 bits per heavy atom. The van der Waals surface area contributed by atoms with E-state index in [1.165, 1.54) is 0 Å². The summed E-state index contributed by atoms with van der Waals surface area (Å²) in [6.45, 7) is 0.